The smallest absolute Gasteiger partial charge is 0.191 e. The van der Waals surface area contributed by atoms with E-state index in [0.717, 1.165) is 23.0 Å². The lowest BCUT2D eigenvalue weighted by Gasteiger charge is -2.13. The number of hydrogen-bond acceptors (Lipinski definition) is 4. The summed E-state index contributed by atoms with van der Waals surface area (Å²) in [5, 5.41) is 6.51. The number of benzene rings is 2. The van der Waals surface area contributed by atoms with Crippen molar-refractivity contribution >= 4 is 5.96 Å². The highest BCUT2D eigenvalue weighted by Crippen LogP contribution is 2.13. The number of guanidine groups is 1. The maximum absolute atomic E-state index is 5.65. The molecule has 2 rings (SSSR count). The summed E-state index contributed by atoms with van der Waals surface area (Å²) in [4.78, 5) is 4.22. The molecule has 0 unspecified atom stereocenters. The van der Waals surface area contributed by atoms with Crippen LogP contribution in [0.2, 0.25) is 0 Å². The largest absolute Gasteiger partial charge is 0.492 e. The second kappa shape index (κ2) is 11.8. The quantitative estimate of drug-likeness (QED) is 0.388. The number of aliphatic imine (C=N–C) groups is 1. The van der Waals surface area contributed by atoms with Crippen molar-refractivity contribution in [1.82, 2.24) is 10.6 Å². The van der Waals surface area contributed by atoms with Crippen LogP contribution in [0.1, 0.15) is 5.56 Å². The zero-order valence-electron chi connectivity index (χ0n) is 15.4. The van der Waals surface area contributed by atoms with Gasteiger partial charge in [0.05, 0.1) is 13.2 Å². The number of para-hydroxylation sites is 1. The van der Waals surface area contributed by atoms with Gasteiger partial charge in [-0.05, 0) is 29.8 Å². The molecule has 0 bridgehead atoms. The molecule has 0 fully saturated rings. The number of methoxy groups -OCH3 is 1. The monoisotopic (exact) mass is 357 g/mol. The van der Waals surface area contributed by atoms with Crippen molar-refractivity contribution in [3.05, 3.63) is 60.2 Å². The number of nitrogens with zero attached hydrogens (tertiary/aromatic N) is 1. The third-order valence-corrected chi connectivity index (χ3v) is 3.54. The number of rotatable bonds is 10. The molecule has 0 aliphatic heterocycles. The van der Waals surface area contributed by atoms with Gasteiger partial charge in [0.25, 0.3) is 0 Å². The summed E-state index contributed by atoms with van der Waals surface area (Å²) in [7, 11) is 3.41. The van der Waals surface area contributed by atoms with Gasteiger partial charge in [-0.3, -0.25) is 4.99 Å². The van der Waals surface area contributed by atoms with Crippen molar-refractivity contribution in [2.75, 3.05) is 40.5 Å². The first-order chi connectivity index (χ1) is 12.8. The van der Waals surface area contributed by atoms with Crippen LogP contribution in [-0.2, 0) is 11.3 Å². The predicted molar refractivity (Wildman–Crippen MR) is 104 cm³/mol. The normalized spacial score (nSPS) is 11.1. The molecule has 0 aliphatic carbocycles. The van der Waals surface area contributed by atoms with Gasteiger partial charge in [-0.25, -0.2) is 0 Å². The SMILES string of the molecule is CN=C(NCCOc1ccccc1)NCc1cccc(OCCOC)c1. The summed E-state index contributed by atoms with van der Waals surface area (Å²) < 4.78 is 16.3. The summed E-state index contributed by atoms with van der Waals surface area (Å²) >= 11 is 0. The van der Waals surface area contributed by atoms with E-state index in [1.165, 1.54) is 0 Å². The molecule has 0 aromatic heterocycles. The van der Waals surface area contributed by atoms with E-state index in [0.29, 0.717) is 32.9 Å². The highest BCUT2D eigenvalue weighted by molar-refractivity contribution is 5.79. The average Bonchev–Trinajstić information content (AvgIpc) is 2.69. The third-order valence-electron chi connectivity index (χ3n) is 3.54. The Kier molecular flexibility index (Phi) is 8.86. The van der Waals surface area contributed by atoms with E-state index in [4.69, 9.17) is 14.2 Å². The molecule has 0 heterocycles. The van der Waals surface area contributed by atoms with E-state index in [2.05, 4.69) is 15.6 Å². The minimum atomic E-state index is 0.540. The molecule has 2 aromatic rings. The minimum absolute atomic E-state index is 0.540. The maximum Gasteiger partial charge on any atom is 0.191 e. The lowest BCUT2D eigenvalue weighted by Crippen LogP contribution is -2.38. The van der Waals surface area contributed by atoms with Crippen LogP contribution < -0.4 is 20.1 Å². The van der Waals surface area contributed by atoms with E-state index in [1.807, 2.05) is 54.6 Å². The van der Waals surface area contributed by atoms with E-state index in [9.17, 15) is 0 Å². The van der Waals surface area contributed by atoms with Gasteiger partial charge >= 0.3 is 0 Å². The summed E-state index contributed by atoms with van der Waals surface area (Å²) in [6.07, 6.45) is 0. The number of ether oxygens (including phenoxy) is 3. The van der Waals surface area contributed by atoms with Crippen molar-refractivity contribution in [1.29, 1.82) is 0 Å². The zero-order chi connectivity index (χ0) is 18.5. The molecule has 6 heteroatoms. The topological polar surface area (TPSA) is 64.1 Å². The van der Waals surface area contributed by atoms with Crippen molar-refractivity contribution in [3.8, 4) is 11.5 Å². The second-order valence-corrected chi connectivity index (χ2v) is 5.50. The van der Waals surface area contributed by atoms with Gasteiger partial charge in [0.15, 0.2) is 5.96 Å². The Morgan fingerprint density at radius 1 is 0.885 bits per heavy atom. The first-order valence-corrected chi connectivity index (χ1v) is 8.65. The first kappa shape index (κ1) is 19.6. The fourth-order valence-electron chi connectivity index (χ4n) is 2.25. The van der Waals surface area contributed by atoms with Crippen LogP contribution in [0.5, 0.6) is 11.5 Å². The molecular weight excluding hydrogens is 330 g/mol. The number of nitrogens with one attached hydrogen (secondary N) is 2. The van der Waals surface area contributed by atoms with Crippen LogP contribution in [0, 0.1) is 0 Å². The fraction of sp³-hybridized carbons (Fsp3) is 0.350. The van der Waals surface area contributed by atoms with E-state index >= 15 is 0 Å². The van der Waals surface area contributed by atoms with E-state index in [1.54, 1.807) is 14.2 Å². The van der Waals surface area contributed by atoms with Crippen LogP contribution in [0.4, 0.5) is 0 Å². The summed E-state index contributed by atoms with van der Waals surface area (Å²) in [6.45, 7) is 2.99. The van der Waals surface area contributed by atoms with Gasteiger partial charge in [-0.1, -0.05) is 30.3 Å². The van der Waals surface area contributed by atoms with Gasteiger partial charge < -0.3 is 24.8 Å². The highest BCUT2D eigenvalue weighted by Gasteiger charge is 2.01. The molecule has 2 N–H and O–H groups in total. The second-order valence-electron chi connectivity index (χ2n) is 5.50. The van der Waals surface area contributed by atoms with Crippen LogP contribution in [0.15, 0.2) is 59.6 Å². The summed E-state index contributed by atoms with van der Waals surface area (Å²) in [6, 6.07) is 17.7. The molecule has 0 atom stereocenters. The molecule has 140 valence electrons. The van der Waals surface area contributed by atoms with Crippen molar-refractivity contribution in [2.45, 2.75) is 6.54 Å². The van der Waals surface area contributed by atoms with Gasteiger partial charge in [-0.15, -0.1) is 0 Å². The molecule has 0 saturated carbocycles. The summed E-state index contributed by atoms with van der Waals surface area (Å²) in [5.41, 5.74) is 1.11. The Balaban J connectivity index is 1.70. The van der Waals surface area contributed by atoms with E-state index in [-0.39, 0.29) is 0 Å². The van der Waals surface area contributed by atoms with Crippen molar-refractivity contribution in [2.24, 2.45) is 4.99 Å². The van der Waals surface area contributed by atoms with Crippen molar-refractivity contribution in [3.63, 3.8) is 0 Å². The molecular formula is C20H27N3O3. The molecule has 6 nitrogen and oxygen atoms in total. The predicted octanol–water partition coefficient (Wildman–Crippen LogP) is 2.46. The standard InChI is InChI=1S/C20H27N3O3/c1-21-20(22-11-12-25-18-8-4-3-5-9-18)23-16-17-7-6-10-19(15-17)26-14-13-24-2/h3-10,15H,11-14,16H2,1-2H3,(H2,21,22,23). The Hall–Kier alpha value is -2.73. The first-order valence-electron chi connectivity index (χ1n) is 8.65. The number of hydrogen-bond donors (Lipinski definition) is 2. The van der Waals surface area contributed by atoms with Crippen molar-refractivity contribution < 1.29 is 14.2 Å². The van der Waals surface area contributed by atoms with Crippen LogP contribution in [-0.4, -0.2) is 46.5 Å². The lowest BCUT2D eigenvalue weighted by atomic mass is 10.2. The molecule has 2 aromatic carbocycles. The molecule has 0 saturated heterocycles. The molecule has 0 aliphatic rings. The molecule has 0 amide bonds. The van der Waals surface area contributed by atoms with Gasteiger partial charge in [0.2, 0.25) is 0 Å². The summed E-state index contributed by atoms with van der Waals surface area (Å²) in [5.74, 6) is 2.43. The van der Waals surface area contributed by atoms with Gasteiger partial charge in [-0.2, -0.15) is 0 Å². The Bertz CT molecular complexity index is 662. The maximum atomic E-state index is 5.65. The Labute approximate surface area is 155 Å². The highest BCUT2D eigenvalue weighted by atomic mass is 16.5. The van der Waals surface area contributed by atoms with Crippen LogP contribution in [0.25, 0.3) is 0 Å². The minimum Gasteiger partial charge on any atom is -0.492 e. The third kappa shape index (κ3) is 7.44. The molecule has 26 heavy (non-hydrogen) atoms. The molecule has 0 spiro atoms. The molecule has 0 radical (unpaired) electrons. The Morgan fingerprint density at radius 3 is 2.42 bits per heavy atom. The zero-order valence-corrected chi connectivity index (χ0v) is 15.4. The average molecular weight is 357 g/mol. The van der Waals surface area contributed by atoms with E-state index < -0.39 is 0 Å². The van der Waals surface area contributed by atoms with Gasteiger partial charge in [0.1, 0.15) is 24.7 Å². The lowest BCUT2D eigenvalue weighted by molar-refractivity contribution is 0.146. The van der Waals surface area contributed by atoms with Gasteiger partial charge in [0, 0.05) is 20.7 Å². The fourth-order valence-corrected chi connectivity index (χ4v) is 2.25. The van der Waals surface area contributed by atoms with Crippen LogP contribution >= 0.6 is 0 Å². The Morgan fingerprint density at radius 2 is 1.65 bits per heavy atom. The van der Waals surface area contributed by atoms with Crippen LogP contribution in [0.3, 0.4) is 0 Å².